The van der Waals surface area contributed by atoms with Gasteiger partial charge in [-0.1, -0.05) is 23.8 Å². The molecule has 0 atom stereocenters. The van der Waals surface area contributed by atoms with E-state index in [1.54, 1.807) is 6.07 Å². The van der Waals surface area contributed by atoms with Gasteiger partial charge in [0.25, 0.3) is 5.91 Å². The van der Waals surface area contributed by atoms with Gasteiger partial charge in [-0.05, 0) is 30.5 Å². The van der Waals surface area contributed by atoms with Gasteiger partial charge >= 0.3 is 0 Å². The van der Waals surface area contributed by atoms with Crippen LogP contribution in [0.25, 0.3) is 0 Å². The Morgan fingerprint density at radius 3 is 2.57 bits per heavy atom. The zero-order valence-corrected chi connectivity index (χ0v) is 13.8. The number of amides is 2. The maximum Gasteiger partial charge on any atom is 0.261 e. The molecule has 1 aromatic carbocycles. The third-order valence-electron chi connectivity index (χ3n) is 3.10. The van der Waals surface area contributed by atoms with Crippen LogP contribution in [-0.2, 0) is 4.79 Å². The third kappa shape index (κ3) is 6.12. The summed E-state index contributed by atoms with van der Waals surface area (Å²) in [5.74, 6) is 0.535. The maximum atomic E-state index is 11.7. The van der Waals surface area contributed by atoms with E-state index in [1.807, 2.05) is 42.6 Å². The zero-order valence-electron chi connectivity index (χ0n) is 13.0. The first-order chi connectivity index (χ1) is 11.1. The lowest BCUT2D eigenvalue weighted by atomic mass is 10.2. The third-order valence-corrected chi connectivity index (χ3v) is 3.97. The van der Waals surface area contributed by atoms with E-state index >= 15 is 0 Å². The average Bonchev–Trinajstić information content (AvgIpc) is 3.08. The molecule has 0 aliphatic carbocycles. The van der Waals surface area contributed by atoms with Crippen molar-refractivity contribution < 1.29 is 14.3 Å². The average molecular weight is 332 g/mol. The van der Waals surface area contributed by atoms with Gasteiger partial charge in [-0.3, -0.25) is 9.59 Å². The number of hydrogen-bond acceptors (Lipinski definition) is 4. The molecule has 0 bridgehead atoms. The molecule has 0 spiro atoms. The monoisotopic (exact) mass is 332 g/mol. The van der Waals surface area contributed by atoms with Crippen molar-refractivity contribution in [1.29, 1.82) is 0 Å². The van der Waals surface area contributed by atoms with Crippen LogP contribution in [-0.4, -0.2) is 31.5 Å². The Bertz CT molecular complexity index is 624. The minimum atomic E-state index is -0.143. The van der Waals surface area contributed by atoms with Crippen LogP contribution in [0, 0.1) is 6.92 Å². The molecule has 0 radical (unpaired) electrons. The summed E-state index contributed by atoms with van der Waals surface area (Å²) in [5, 5.41) is 7.32. The van der Waals surface area contributed by atoms with E-state index in [-0.39, 0.29) is 18.2 Å². The molecule has 1 heterocycles. The van der Waals surface area contributed by atoms with E-state index in [4.69, 9.17) is 4.74 Å². The highest BCUT2D eigenvalue weighted by Crippen LogP contribution is 2.10. The number of carbonyl (C=O) groups excluding carboxylic acids is 2. The molecule has 5 nitrogen and oxygen atoms in total. The van der Waals surface area contributed by atoms with E-state index < -0.39 is 0 Å². The van der Waals surface area contributed by atoms with Crippen LogP contribution < -0.4 is 15.4 Å². The minimum Gasteiger partial charge on any atom is -0.492 e. The van der Waals surface area contributed by atoms with E-state index in [2.05, 4.69) is 10.6 Å². The van der Waals surface area contributed by atoms with E-state index in [0.717, 1.165) is 5.75 Å². The molecule has 0 unspecified atom stereocenters. The summed E-state index contributed by atoms with van der Waals surface area (Å²) >= 11 is 1.38. The molecular formula is C17H20N2O3S. The Morgan fingerprint density at radius 2 is 1.87 bits per heavy atom. The van der Waals surface area contributed by atoms with Crippen LogP contribution in [0.1, 0.15) is 21.7 Å². The van der Waals surface area contributed by atoms with Gasteiger partial charge in [-0.15, -0.1) is 11.3 Å². The van der Waals surface area contributed by atoms with Gasteiger partial charge in [0.15, 0.2) is 0 Å². The molecule has 0 fully saturated rings. The van der Waals surface area contributed by atoms with Crippen LogP contribution in [0.5, 0.6) is 5.75 Å². The van der Waals surface area contributed by atoms with Crippen molar-refractivity contribution in [2.24, 2.45) is 0 Å². The van der Waals surface area contributed by atoms with Crippen molar-refractivity contribution in [3.63, 3.8) is 0 Å². The molecule has 23 heavy (non-hydrogen) atoms. The smallest absolute Gasteiger partial charge is 0.261 e. The van der Waals surface area contributed by atoms with Crippen molar-refractivity contribution in [3.05, 3.63) is 52.2 Å². The van der Waals surface area contributed by atoms with Gasteiger partial charge in [-0.2, -0.15) is 0 Å². The summed E-state index contributed by atoms with van der Waals surface area (Å²) < 4.78 is 5.52. The lowest BCUT2D eigenvalue weighted by molar-refractivity contribution is -0.121. The van der Waals surface area contributed by atoms with Gasteiger partial charge < -0.3 is 15.4 Å². The second kappa shape index (κ2) is 8.95. The Hall–Kier alpha value is -2.34. The second-order valence-electron chi connectivity index (χ2n) is 4.99. The summed E-state index contributed by atoms with van der Waals surface area (Å²) in [6.07, 6.45) is 0.252. The van der Waals surface area contributed by atoms with Gasteiger partial charge in [0, 0.05) is 13.0 Å². The molecule has 2 N–H and O–H groups in total. The summed E-state index contributed by atoms with van der Waals surface area (Å²) in [4.78, 5) is 24.0. The first kappa shape index (κ1) is 17.0. The number of thiophene rings is 1. The van der Waals surface area contributed by atoms with Gasteiger partial charge in [-0.25, -0.2) is 0 Å². The van der Waals surface area contributed by atoms with E-state index in [0.29, 0.717) is 24.6 Å². The largest absolute Gasteiger partial charge is 0.492 e. The highest BCUT2D eigenvalue weighted by Gasteiger charge is 2.07. The maximum absolute atomic E-state index is 11.7. The molecule has 0 aliphatic heterocycles. The minimum absolute atomic E-state index is 0.107. The molecule has 0 aliphatic rings. The predicted molar refractivity (Wildman–Crippen MR) is 91.0 cm³/mol. The lowest BCUT2D eigenvalue weighted by Gasteiger charge is -2.08. The van der Waals surface area contributed by atoms with Crippen molar-refractivity contribution in [2.45, 2.75) is 13.3 Å². The number of hydrogen-bond donors (Lipinski definition) is 2. The Kier molecular flexibility index (Phi) is 6.62. The summed E-state index contributed by atoms with van der Waals surface area (Å²) in [6, 6.07) is 11.3. The van der Waals surface area contributed by atoms with Crippen LogP contribution >= 0.6 is 11.3 Å². The fourth-order valence-corrected chi connectivity index (χ4v) is 2.51. The topological polar surface area (TPSA) is 67.4 Å². The fraction of sp³-hybridized carbons (Fsp3) is 0.294. The molecule has 2 amide bonds. The Labute approximate surface area is 139 Å². The van der Waals surface area contributed by atoms with Gasteiger partial charge in [0.05, 0.1) is 11.4 Å². The van der Waals surface area contributed by atoms with Crippen molar-refractivity contribution >= 4 is 23.2 Å². The van der Waals surface area contributed by atoms with Crippen molar-refractivity contribution in [3.8, 4) is 5.75 Å². The van der Waals surface area contributed by atoms with Crippen LogP contribution in [0.4, 0.5) is 0 Å². The zero-order chi connectivity index (χ0) is 16.5. The van der Waals surface area contributed by atoms with Crippen LogP contribution in [0.3, 0.4) is 0 Å². The number of carbonyl (C=O) groups is 2. The van der Waals surface area contributed by atoms with E-state index in [1.165, 1.54) is 16.9 Å². The summed E-state index contributed by atoms with van der Waals surface area (Å²) in [7, 11) is 0. The number of nitrogens with one attached hydrogen (secondary N) is 2. The van der Waals surface area contributed by atoms with Gasteiger partial charge in [0.1, 0.15) is 12.4 Å². The molecular weight excluding hydrogens is 312 g/mol. The molecule has 0 saturated carbocycles. The first-order valence-electron chi connectivity index (χ1n) is 7.43. The molecule has 0 saturated heterocycles. The Morgan fingerprint density at radius 1 is 1.09 bits per heavy atom. The predicted octanol–water partition coefficient (Wildman–Crippen LogP) is 2.37. The highest BCUT2D eigenvalue weighted by molar-refractivity contribution is 7.12. The summed E-state index contributed by atoms with van der Waals surface area (Å²) in [6.45, 7) is 3.19. The molecule has 122 valence electrons. The van der Waals surface area contributed by atoms with Gasteiger partial charge in [0.2, 0.25) is 5.91 Å². The van der Waals surface area contributed by atoms with E-state index in [9.17, 15) is 9.59 Å². The fourth-order valence-electron chi connectivity index (χ4n) is 1.87. The quantitative estimate of drug-likeness (QED) is 0.729. The molecule has 2 rings (SSSR count). The first-order valence-corrected chi connectivity index (χ1v) is 8.31. The lowest BCUT2D eigenvalue weighted by Crippen LogP contribution is -2.32. The van der Waals surface area contributed by atoms with Crippen molar-refractivity contribution in [2.75, 3.05) is 19.7 Å². The number of aryl methyl sites for hydroxylation is 1. The standard InChI is InChI=1S/C17H20N2O3S/c1-13-4-6-14(7-5-13)22-11-10-18-16(20)8-9-19-17(21)15-3-2-12-23-15/h2-7,12H,8-11H2,1H3,(H,18,20)(H,19,21). The number of rotatable bonds is 8. The molecule has 2 aromatic rings. The SMILES string of the molecule is Cc1ccc(OCCNC(=O)CCNC(=O)c2cccs2)cc1. The molecule has 6 heteroatoms. The Balaban J connectivity index is 1.55. The van der Waals surface area contributed by atoms with Crippen LogP contribution in [0.2, 0.25) is 0 Å². The van der Waals surface area contributed by atoms with Crippen LogP contribution in [0.15, 0.2) is 41.8 Å². The highest BCUT2D eigenvalue weighted by atomic mass is 32.1. The van der Waals surface area contributed by atoms with Crippen molar-refractivity contribution in [1.82, 2.24) is 10.6 Å². The second-order valence-corrected chi connectivity index (χ2v) is 5.94. The number of ether oxygens (including phenoxy) is 1. The normalized spacial score (nSPS) is 10.1. The number of benzene rings is 1. The molecule has 1 aromatic heterocycles. The summed E-state index contributed by atoms with van der Waals surface area (Å²) in [5.41, 5.74) is 1.18.